The van der Waals surface area contributed by atoms with Gasteiger partial charge in [0.2, 0.25) is 6.79 Å². The lowest BCUT2D eigenvalue weighted by Gasteiger charge is -2.13. The number of nitrogens with two attached hydrogens (primary N) is 1. The van der Waals surface area contributed by atoms with E-state index in [1.165, 1.54) is 0 Å². The molecule has 0 spiro atoms. The molecule has 2 rings (SSSR count). The first-order chi connectivity index (χ1) is 7.70. The first kappa shape index (κ1) is 11.0. The molecule has 0 aliphatic carbocycles. The van der Waals surface area contributed by atoms with Gasteiger partial charge in [-0.25, -0.2) is 0 Å². The molecule has 5 heteroatoms. The lowest BCUT2D eigenvalue weighted by atomic mass is 10.1. The second-order valence-corrected chi connectivity index (χ2v) is 3.79. The van der Waals surface area contributed by atoms with Crippen molar-refractivity contribution in [2.75, 3.05) is 25.2 Å². The average molecular weight is 224 g/mol. The summed E-state index contributed by atoms with van der Waals surface area (Å²) >= 11 is 0. The van der Waals surface area contributed by atoms with Crippen molar-refractivity contribution in [2.24, 2.45) is 5.73 Å². The minimum Gasteiger partial charge on any atom is -0.454 e. The summed E-state index contributed by atoms with van der Waals surface area (Å²) in [7, 11) is 0. The fourth-order valence-electron chi connectivity index (χ4n) is 1.55. The number of anilines is 1. The van der Waals surface area contributed by atoms with Crippen LogP contribution in [0.2, 0.25) is 0 Å². The molecule has 0 fully saturated rings. The van der Waals surface area contributed by atoms with Crippen LogP contribution in [0.3, 0.4) is 0 Å². The third-order valence-corrected chi connectivity index (χ3v) is 2.52. The summed E-state index contributed by atoms with van der Waals surface area (Å²) in [6.45, 7) is 2.91. The molecule has 1 heterocycles. The molecule has 5 nitrogen and oxygen atoms in total. The largest absolute Gasteiger partial charge is 0.454 e. The Morgan fingerprint density at radius 1 is 1.44 bits per heavy atom. The maximum Gasteiger partial charge on any atom is 0.231 e. The number of aliphatic hydroxyl groups is 1. The van der Waals surface area contributed by atoms with Crippen molar-refractivity contribution in [3.05, 3.63) is 17.7 Å². The minimum absolute atomic E-state index is 0.247. The molecule has 88 valence electrons. The van der Waals surface area contributed by atoms with Crippen LogP contribution >= 0.6 is 0 Å². The van der Waals surface area contributed by atoms with Gasteiger partial charge in [-0.1, -0.05) is 0 Å². The summed E-state index contributed by atoms with van der Waals surface area (Å²) in [6, 6.07) is 3.79. The van der Waals surface area contributed by atoms with E-state index in [4.69, 9.17) is 15.2 Å². The number of nitrogens with one attached hydrogen (secondary N) is 1. The highest BCUT2D eigenvalue weighted by Gasteiger charge is 2.15. The number of hydrogen-bond acceptors (Lipinski definition) is 5. The highest BCUT2D eigenvalue weighted by atomic mass is 16.7. The smallest absolute Gasteiger partial charge is 0.231 e. The molecule has 0 saturated heterocycles. The molecule has 0 aromatic heterocycles. The molecular weight excluding hydrogens is 208 g/mol. The molecule has 16 heavy (non-hydrogen) atoms. The Kier molecular flexibility index (Phi) is 3.17. The number of rotatable bonds is 4. The third kappa shape index (κ3) is 2.20. The molecule has 1 unspecified atom stereocenters. The average Bonchev–Trinajstić information content (AvgIpc) is 2.72. The molecule has 1 atom stereocenters. The third-order valence-electron chi connectivity index (χ3n) is 2.52. The van der Waals surface area contributed by atoms with E-state index in [-0.39, 0.29) is 13.3 Å². The van der Waals surface area contributed by atoms with Crippen LogP contribution < -0.4 is 20.5 Å². The van der Waals surface area contributed by atoms with Crippen LogP contribution in [0.4, 0.5) is 5.69 Å². The number of ether oxygens (including phenoxy) is 2. The van der Waals surface area contributed by atoms with E-state index >= 15 is 0 Å². The summed E-state index contributed by atoms with van der Waals surface area (Å²) < 4.78 is 10.5. The minimum atomic E-state index is -0.537. The predicted octanol–water partition coefficient (Wildman–Crippen LogP) is 0.455. The lowest BCUT2D eigenvalue weighted by Crippen LogP contribution is -2.27. The van der Waals surface area contributed by atoms with Gasteiger partial charge in [-0.2, -0.15) is 0 Å². The Hall–Kier alpha value is -1.46. The Labute approximate surface area is 94.2 Å². The van der Waals surface area contributed by atoms with Crippen LogP contribution in [0, 0.1) is 6.92 Å². The van der Waals surface area contributed by atoms with Crippen molar-refractivity contribution in [1.82, 2.24) is 0 Å². The normalized spacial score (nSPS) is 14.9. The van der Waals surface area contributed by atoms with Crippen molar-refractivity contribution >= 4 is 5.69 Å². The number of fused-ring (bicyclic) bond motifs is 1. The van der Waals surface area contributed by atoms with E-state index in [2.05, 4.69) is 5.32 Å². The molecule has 0 bridgehead atoms. The first-order valence-corrected chi connectivity index (χ1v) is 5.23. The molecule has 0 radical (unpaired) electrons. The van der Waals surface area contributed by atoms with Gasteiger partial charge < -0.3 is 25.6 Å². The summed E-state index contributed by atoms with van der Waals surface area (Å²) in [5, 5.41) is 12.5. The molecule has 4 N–H and O–H groups in total. The van der Waals surface area contributed by atoms with Gasteiger partial charge >= 0.3 is 0 Å². The summed E-state index contributed by atoms with van der Waals surface area (Å²) in [6.07, 6.45) is -0.537. The Morgan fingerprint density at radius 3 is 2.81 bits per heavy atom. The van der Waals surface area contributed by atoms with Crippen molar-refractivity contribution < 1.29 is 14.6 Å². The Morgan fingerprint density at radius 2 is 2.12 bits per heavy atom. The topological polar surface area (TPSA) is 76.7 Å². The summed E-state index contributed by atoms with van der Waals surface area (Å²) in [4.78, 5) is 0. The highest BCUT2D eigenvalue weighted by Crippen LogP contribution is 2.36. The van der Waals surface area contributed by atoms with Gasteiger partial charge in [0.15, 0.2) is 11.5 Å². The summed E-state index contributed by atoms with van der Waals surface area (Å²) in [5.41, 5.74) is 7.31. The van der Waals surface area contributed by atoms with Gasteiger partial charge in [-0.3, -0.25) is 0 Å². The van der Waals surface area contributed by atoms with Crippen LogP contribution in [0.1, 0.15) is 5.56 Å². The van der Waals surface area contributed by atoms with Crippen LogP contribution in [-0.2, 0) is 0 Å². The van der Waals surface area contributed by atoms with E-state index in [1.54, 1.807) is 0 Å². The molecule has 1 aliphatic heterocycles. The second kappa shape index (κ2) is 4.59. The molecule has 1 aromatic carbocycles. The zero-order chi connectivity index (χ0) is 11.5. The quantitative estimate of drug-likeness (QED) is 0.692. The zero-order valence-electron chi connectivity index (χ0n) is 9.19. The lowest BCUT2D eigenvalue weighted by molar-refractivity contribution is 0.174. The van der Waals surface area contributed by atoms with Gasteiger partial charge in [-0.15, -0.1) is 0 Å². The van der Waals surface area contributed by atoms with Crippen molar-refractivity contribution in [3.63, 3.8) is 0 Å². The molecule has 0 amide bonds. The molecule has 0 saturated carbocycles. The summed E-state index contributed by atoms with van der Waals surface area (Å²) in [5.74, 6) is 1.50. The van der Waals surface area contributed by atoms with Gasteiger partial charge in [0, 0.05) is 24.8 Å². The van der Waals surface area contributed by atoms with Gasteiger partial charge in [0.05, 0.1) is 6.10 Å². The van der Waals surface area contributed by atoms with E-state index in [9.17, 15) is 5.11 Å². The van der Waals surface area contributed by atoms with Crippen LogP contribution in [0.25, 0.3) is 0 Å². The predicted molar refractivity (Wildman–Crippen MR) is 60.9 cm³/mol. The molecule has 1 aromatic rings. The van der Waals surface area contributed by atoms with E-state index < -0.39 is 6.10 Å². The van der Waals surface area contributed by atoms with Crippen LogP contribution in [0.5, 0.6) is 11.5 Å². The SMILES string of the molecule is Cc1cc2c(cc1NCC(O)CN)OCO2. The monoisotopic (exact) mass is 224 g/mol. The van der Waals surface area contributed by atoms with Crippen molar-refractivity contribution in [3.8, 4) is 11.5 Å². The fraction of sp³-hybridized carbons (Fsp3) is 0.455. The van der Waals surface area contributed by atoms with Crippen molar-refractivity contribution in [1.29, 1.82) is 0 Å². The Balaban J connectivity index is 2.09. The van der Waals surface area contributed by atoms with Crippen LogP contribution in [-0.4, -0.2) is 31.1 Å². The zero-order valence-corrected chi connectivity index (χ0v) is 9.19. The number of aliphatic hydroxyl groups excluding tert-OH is 1. The van der Waals surface area contributed by atoms with Gasteiger partial charge in [-0.05, 0) is 18.6 Å². The van der Waals surface area contributed by atoms with Crippen molar-refractivity contribution in [2.45, 2.75) is 13.0 Å². The fourth-order valence-corrected chi connectivity index (χ4v) is 1.55. The molecular formula is C11H16N2O3. The Bertz CT molecular complexity index is 382. The highest BCUT2D eigenvalue weighted by molar-refractivity contribution is 5.60. The second-order valence-electron chi connectivity index (χ2n) is 3.79. The number of hydrogen-bond donors (Lipinski definition) is 3. The maximum absolute atomic E-state index is 9.36. The van der Waals surface area contributed by atoms with E-state index in [1.807, 2.05) is 19.1 Å². The molecule has 1 aliphatic rings. The van der Waals surface area contributed by atoms with E-state index in [0.29, 0.717) is 6.54 Å². The number of aryl methyl sites for hydroxylation is 1. The van der Waals surface area contributed by atoms with Gasteiger partial charge in [0.1, 0.15) is 0 Å². The first-order valence-electron chi connectivity index (χ1n) is 5.23. The van der Waals surface area contributed by atoms with Gasteiger partial charge in [0.25, 0.3) is 0 Å². The van der Waals surface area contributed by atoms with Crippen LogP contribution in [0.15, 0.2) is 12.1 Å². The van der Waals surface area contributed by atoms with E-state index in [0.717, 1.165) is 22.7 Å². The standard InChI is InChI=1S/C11H16N2O3/c1-7-2-10-11(16-6-15-10)3-9(7)13-5-8(14)4-12/h2-3,8,13-14H,4-6,12H2,1H3. The maximum atomic E-state index is 9.36. The number of benzene rings is 1.